The Morgan fingerprint density at radius 1 is 1.30 bits per heavy atom. The van der Waals surface area contributed by atoms with Crippen molar-refractivity contribution in [2.45, 2.75) is 30.9 Å². The molecule has 0 amide bonds. The molecular weight excluding hydrogens is 364 g/mol. The number of carbonyl (C=O) groups is 1. The van der Waals surface area contributed by atoms with Gasteiger partial charge in [-0.1, -0.05) is 24.0 Å². The Balaban J connectivity index is 1.98. The number of rotatable bonds is 6. The van der Waals surface area contributed by atoms with Crippen LogP contribution in [0.25, 0.3) is 0 Å². The number of hydrogen-bond donors (Lipinski definition) is 1. The van der Waals surface area contributed by atoms with E-state index >= 15 is 0 Å². The van der Waals surface area contributed by atoms with Crippen molar-refractivity contribution in [1.29, 1.82) is 0 Å². The fourth-order valence-electron chi connectivity index (χ4n) is 2.65. The molecule has 0 radical (unpaired) electrons. The predicted molar refractivity (Wildman–Crippen MR) is 103 cm³/mol. The third-order valence-electron chi connectivity index (χ3n) is 4.96. The molecule has 1 aromatic carbocycles. The molecule has 27 heavy (non-hydrogen) atoms. The second kappa shape index (κ2) is 8.61. The Bertz CT molecular complexity index is 909. The first-order valence-electron chi connectivity index (χ1n) is 8.70. The van der Waals surface area contributed by atoms with Crippen molar-refractivity contribution in [2.75, 3.05) is 20.0 Å². The number of carbonyl (C=O) groups excluding carboxylic acids is 1. The zero-order valence-electron chi connectivity index (χ0n) is 15.8. The number of esters is 1. The molecule has 6 heteroatoms. The van der Waals surface area contributed by atoms with Gasteiger partial charge in [-0.2, -0.15) is 0 Å². The van der Waals surface area contributed by atoms with Crippen molar-refractivity contribution >= 4 is 15.8 Å². The Labute approximate surface area is 161 Å². The summed E-state index contributed by atoms with van der Waals surface area (Å²) >= 11 is 0. The molecule has 0 aliphatic heterocycles. The van der Waals surface area contributed by atoms with Crippen molar-refractivity contribution in [2.24, 2.45) is 11.8 Å². The minimum atomic E-state index is -3.60. The molecule has 0 bridgehead atoms. The molecule has 1 N–H and O–H groups in total. The number of benzene rings is 1. The summed E-state index contributed by atoms with van der Waals surface area (Å²) in [5, 5.41) is 8.96. The van der Waals surface area contributed by atoms with Gasteiger partial charge in [0.25, 0.3) is 0 Å². The first-order chi connectivity index (χ1) is 12.7. The Hall–Kier alpha value is -2.28. The van der Waals surface area contributed by atoms with Gasteiger partial charge in [-0.05, 0) is 61.6 Å². The van der Waals surface area contributed by atoms with Gasteiger partial charge in [0.1, 0.15) is 0 Å². The van der Waals surface area contributed by atoms with Crippen LogP contribution in [0, 0.1) is 35.5 Å². The maximum atomic E-state index is 12.0. The van der Waals surface area contributed by atoms with Gasteiger partial charge in [-0.15, -0.1) is 0 Å². The maximum absolute atomic E-state index is 12.0. The van der Waals surface area contributed by atoms with Crippen LogP contribution < -0.4 is 0 Å². The van der Waals surface area contributed by atoms with Gasteiger partial charge in [-0.25, -0.2) is 8.42 Å². The number of aliphatic hydroxyl groups is 1. The molecule has 1 saturated carbocycles. The van der Waals surface area contributed by atoms with E-state index < -0.39 is 20.6 Å². The Morgan fingerprint density at radius 2 is 1.96 bits per heavy atom. The minimum absolute atomic E-state index is 0.141. The molecule has 0 aromatic heterocycles. The highest BCUT2D eigenvalue weighted by Crippen LogP contribution is 2.36. The molecule has 1 aliphatic rings. The lowest BCUT2D eigenvalue weighted by atomic mass is 9.99. The molecule has 5 nitrogen and oxygen atoms in total. The second-order valence-corrected chi connectivity index (χ2v) is 9.44. The van der Waals surface area contributed by atoms with Gasteiger partial charge in [-0.3, -0.25) is 4.79 Å². The van der Waals surface area contributed by atoms with Crippen LogP contribution in [0.3, 0.4) is 0 Å². The first-order valence-corrected chi connectivity index (χ1v) is 10.6. The third kappa shape index (κ3) is 5.35. The zero-order valence-corrected chi connectivity index (χ0v) is 16.6. The molecule has 0 spiro atoms. The van der Waals surface area contributed by atoms with Crippen molar-refractivity contribution in [3.05, 3.63) is 35.4 Å². The molecule has 1 unspecified atom stereocenters. The zero-order chi connectivity index (χ0) is 20.1. The van der Waals surface area contributed by atoms with E-state index in [0.29, 0.717) is 12.3 Å². The van der Waals surface area contributed by atoms with E-state index in [4.69, 9.17) is 5.11 Å². The molecule has 1 aliphatic carbocycles. The summed E-state index contributed by atoms with van der Waals surface area (Å²) in [6.45, 7) is 1.58. The summed E-state index contributed by atoms with van der Waals surface area (Å²) < 4.78 is 27.2. The standard InChI is InChI=1S/C21H24O5S/c1-21(20(23)26-2,27(3,24)25)13-12-17-10-8-16(9-11-17)6-4-5-7-18-14-19(18)15-22/h8-11,18-19,22H,12-15H2,1-3H3/t18-,19+,21?/m1/s1. The van der Waals surface area contributed by atoms with Gasteiger partial charge in [0.2, 0.25) is 0 Å². The van der Waals surface area contributed by atoms with E-state index in [1.54, 1.807) is 0 Å². The van der Waals surface area contributed by atoms with Crippen LogP contribution in [-0.2, 0) is 25.8 Å². The highest BCUT2D eigenvalue weighted by molar-refractivity contribution is 7.92. The molecule has 1 fully saturated rings. The van der Waals surface area contributed by atoms with Crippen LogP contribution in [0.1, 0.15) is 30.9 Å². The SMILES string of the molecule is COC(=O)C(C)(CCc1ccc(C#CC#C[C@@H]2C[C@H]2CO)cc1)S(C)(=O)=O. The number of methoxy groups -OCH3 is 1. The van der Waals surface area contributed by atoms with Crippen LogP contribution in [-0.4, -0.2) is 44.2 Å². The van der Waals surface area contributed by atoms with E-state index in [2.05, 4.69) is 28.4 Å². The second-order valence-electron chi connectivity index (χ2n) is 7.00. The summed E-state index contributed by atoms with van der Waals surface area (Å²) in [7, 11) is -2.41. The minimum Gasteiger partial charge on any atom is -0.468 e. The van der Waals surface area contributed by atoms with E-state index in [1.807, 2.05) is 24.3 Å². The summed E-state index contributed by atoms with van der Waals surface area (Å²) in [5.74, 6) is 11.4. The Morgan fingerprint density at radius 3 is 2.48 bits per heavy atom. The van der Waals surface area contributed by atoms with Crippen LogP contribution in [0.2, 0.25) is 0 Å². The van der Waals surface area contributed by atoms with Gasteiger partial charge < -0.3 is 9.84 Å². The largest absolute Gasteiger partial charge is 0.468 e. The van der Waals surface area contributed by atoms with Crippen LogP contribution in [0.15, 0.2) is 24.3 Å². The van der Waals surface area contributed by atoms with Crippen molar-refractivity contribution in [3.63, 3.8) is 0 Å². The quantitative estimate of drug-likeness (QED) is 0.591. The maximum Gasteiger partial charge on any atom is 0.326 e. The van der Waals surface area contributed by atoms with Gasteiger partial charge in [0, 0.05) is 24.3 Å². The van der Waals surface area contributed by atoms with Gasteiger partial charge in [0.05, 0.1) is 7.11 Å². The number of sulfone groups is 1. The lowest BCUT2D eigenvalue weighted by Gasteiger charge is -2.24. The molecule has 144 valence electrons. The summed E-state index contributed by atoms with van der Waals surface area (Å²) in [6.07, 6.45) is 2.56. The predicted octanol–water partition coefficient (Wildman–Crippen LogP) is 1.58. The van der Waals surface area contributed by atoms with E-state index in [-0.39, 0.29) is 18.9 Å². The average molecular weight is 388 g/mol. The molecule has 2 rings (SSSR count). The van der Waals surface area contributed by atoms with E-state index in [1.165, 1.54) is 14.0 Å². The topological polar surface area (TPSA) is 80.7 Å². The third-order valence-corrected chi connectivity index (χ3v) is 6.97. The molecule has 0 saturated heterocycles. The van der Waals surface area contributed by atoms with Crippen molar-refractivity contribution in [1.82, 2.24) is 0 Å². The monoisotopic (exact) mass is 388 g/mol. The smallest absolute Gasteiger partial charge is 0.326 e. The first kappa shape index (κ1) is 21.0. The van der Waals surface area contributed by atoms with E-state index in [9.17, 15) is 13.2 Å². The number of hydrogen-bond acceptors (Lipinski definition) is 5. The molecule has 3 atom stereocenters. The average Bonchev–Trinajstić information content (AvgIpc) is 3.41. The molecular formula is C21H24O5S. The van der Waals surface area contributed by atoms with Crippen LogP contribution in [0.5, 0.6) is 0 Å². The summed E-state index contributed by atoms with van der Waals surface area (Å²) in [5.41, 5.74) is 1.72. The van der Waals surface area contributed by atoms with E-state index in [0.717, 1.165) is 23.8 Å². The van der Waals surface area contributed by atoms with Gasteiger partial charge >= 0.3 is 5.97 Å². The van der Waals surface area contributed by atoms with Crippen LogP contribution in [0.4, 0.5) is 0 Å². The summed E-state index contributed by atoms with van der Waals surface area (Å²) in [6, 6.07) is 7.40. The van der Waals surface area contributed by atoms with Crippen LogP contribution >= 0.6 is 0 Å². The highest BCUT2D eigenvalue weighted by Gasteiger charge is 2.44. The number of aliphatic hydroxyl groups excluding tert-OH is 1. The fraction of sp³-hybridized carbons (Fsp3) is 0.476. The Kier molecular flexibility index (Phi) is 6.70. The summed E-state index contributed by atoms with van der Waals surface area (Å²) in [4.78, 5) is 11.9. The normalized spacial score (nSPS) is 20.3. The van der Waals surface area contributed by atoms with Gasteiger partial charge in [0.15, 0.2) is 14.6 Å². The highest BCUT2D eigenvalue weighted by atomic mass is 32.2. The lowest BCUT2D eigenvalue weighted by molar-refractivity contribution is -0.143. The number of aryl methyl sites for hydroxylation is 1. The lowest BCUT2D eigenvalue weighted by Crippen LogP contribution is -2.44. The number of ether oxygens (including phenoxy) is 1. The molecule has 1 aromatic rings. The fourth-order valence-corrected chi connectivity index (χ4v) is 3.51. The molecule has 0 heterocycles. The van der Waals surface area contributed by atoms with Crippen molar-refractivity contribution < 1.29 is 23.1 Å². The van der Waals surface area contributed by atoms with Crippen molar-refractivity contribution in [3.8, 4) is 23.7 Å².